The van der Waals surface area contributed by atoms with Crippen LogP contribution in [0.15, 0.2) is 23.0 Å². The number of rotatable bonds is 6. The Morgan fingerprint density at radius 3 is 2.38 bits per heavy atom. The molecule has 1 aromatic heterocycles. The van der Waals surface area contributed by atoms with Crippen molar-refractivity contribution in [2.24, 2.45) is 0 Å². The molecule has 3 N–H and O–H groups in total. The lowest BCUT2D eigenvalue weighted by Crippen LogP contribution is -2.30. The van der Waals surface area contributed by atoms with Crippen LogP contribution in [-0.4, -0.2) is 29.9 Å². The van der Waals surface area contributed by atoms with Crippen molar-refractivity contribution in [2.75, 3.05) is 13.1 Å². The maximum absolute atomic E-state index is 12.2. The number of unbranched alkanes of at least 4 members (excludes halogenated alkanes) is 1. The lowest BCUT2D eigenvalue weighted by Gasteiger charge is -2.08. The molecule has 6 heteroatoms. The minimum Gasteiger partial charge on any atom is -0.356 e. The third kappa shape index (κ3) is 4.44. The van der Waals surface area contributed by atoms with Crippen LogP contribution in [0, 0.1) is 13.8 Å². The summed E-state index contributed by atoms with van der Waals surface area (Å²) in [6.45, 7) is 6.42. The number of amides is 2. The predicted octanol–water partition coefficient (Wildman–Crippen LogP) is 1.79. The van der Waals surface area contributed by atoms with Gasteiger partial charge in [-0.15, -0.1) is 0 Å². The van der Waals surface area contributed by atoms with Gasteiger partial charge in [-0.25, -0.2) is 0 Å². The predicted molar refractivity (Wildman–Crippen MR) is 94.3 cm³/mol. The lowest BCUT2D eigenvalue weighted by molar-refractivity contribution is -0.118. The fourth-order valence-electron chi connectivity index (χ4n) is 2.67. The van der Waals surface area contributed by atoms with Gasteiger partial charge in [0.2, 0.25) is 5.91 Å². The molecule has 24 heavy (non-hydrogen) atoms. The Labute approximate surface area is 140 Å². The first-order chi connectivity index (χ1) is 11.4. The molecule has 0 unspecified atom stereocenters. The highest BCUT2D eigenvalue weighted by Gasteiger charge is 2.12. The van der Waals surface area contributed by atoms with Crippen molar-refractivity contribution in [3.63, 3.8) is 0 Å². The second kappa shape index (κ2) is 7.77. The van der Waals surface area contributed by atoms with E-state index in [0.717, 1.165) is 34.9 Å². The molecule has 2 aromatic rings. The van der Waals surface area contributed by atoms with Crippen molar-refractivity contribution in [1.29, 1.82) is 0 Å². The maximum Gasteiger partial charge on any atom is 0.261 e. The summed E-state index contributed by atoms with van der Waals surface area (Å²) in [5, 5.41) is 6.30. The van der Waals surface area contributed by atoms with Crippen molar-refractivity contribution in [3.8, 4) is 0 Å². The average Bonchev–Trinajstić information content (AvgIpc) is 2.50. The second-order valence-corrected chi connectivity index (χ2v) is 6.00. The Morgan fingerprint density at radius 2 is 1.71 bits per heavy atom. The maximum atomic E-state index is 12.2. The molecule has 6 nitrogen and oxygen atoms in total. The Hall–Kier alpha value is -2.63. The van der Waals surface area contributed by atoms with E-state index < -0.39 is 0 Å². The van der Waals surface area contributed by atoms with Crippen LogP contribution in [0.4, 0.5) is 0 Å². The summed E-state index contributed by atoms with van der Waals surface area (Å²) in [6, 6.07) is 5.58. The number of fused-ring (bicyclic) bond motifs is 1. The van der Waals surface area contributed by atoms with Gasteiger partial charge in [0.25, 0.3) is 11.5 Å². The standard InChI is InChI=1S/C18H23N3O3/c1-11-8-12(2)16-14(9-11)10-15(18(24)21-16)17(23)20-7-5-4-6-19-13(3)22/h8-10H,4-7H2,1-3H3,(H,19,22)(H,20,23)(H,21,24). The van der Waals surface area contributed by atoms with Gasteiger partial charge in [0.15, 0.2) is 0 Å². The first-order valence-electron chi connectivity index (χ1n) is 8.05. The zero-order valence-corrected chi connectivity index (χ0v) is 14.3. The van der Waals surface area contributed by atoms with Crippen molar-refractivity contribution >= 4 is 22.7 Å². The first-order valence-corrected chi connectivity index (χ1v) is 8.05. The molecule has 2 amide bonds. The van der Waals surface area contributed by atoms with Crippen LogP contribution < -0.4 is 16.2 Å². The molecule has 0 saturated heterocycles. The topological polar surface area (TPSA) is 91.1 Å². The summed E-state index contributed by atoms with van der Waals surface area (Å²) in [5.41, 5.74) is 2.56. The van der Waals surface area contributed by atoms with Crippen LogP contribution in [-0.2, 0) is 4.79 Å². The molecular weight excluding hydrogens is 306 g/mol. The van der Waals surface area contributed by atoms with Gasteiger partial charge in [-0.1, -0.05) is 11.6 Å². The molecule has 0 aliphatic rings. The van der Waals surface area contributed by atoms with Gasteiger partial charge >= 0.3 is 0 Å². The molecule has 1 aromatic carbocycles. The van der Waals surface area contributed by atoms with Crippen LogP contribution in [0.2, 0.25) is 0 Å². The van der Waals surface area contributed by atoms with Crippen molar-refractivity contribution in [3.05, 3.63) is 45.2 Å². The highest BCUT2D eigenvalue weighted by atomic mass is 16.2. The van der Waals surface area contributed by atoms with Gasteiger partial charge in [0.1, 0.15) is 5.56 Å². The average molecular weight is 329 g/mol. The van der Waals surface area contributed by atoms with Gasteiger partial charge in [-0.2, -0.15) is 0 Å². The Balaban J connectivity index is 2.03. The van der Waals surface area contributed by atoms with E-state index >= 15 is 0 Å². The molecule has 0 radical (unpaired) electrons. The van der Waals surface area contributed by atoms with E-state index in [1.54, 1.807) is 6.07 Å². The number of carbonyl (C=O) groups excluding carboxylic acids is 2. The third-order valence-electron chi connectivity index (χ3n) is 3.80. The van der Waals surface area contributed by atoms with Crippen LogP contribution in [0.25, 0.3) is 10.9 Å². The minimum atomic E-state index is -0.384. The number of nitrogens with one attached hydrogen (secondary N) is 3. The largest absolute Gasteiger partial charge is 0.356 e. The molecule has 2 rings (SSSR count). The summed E-state index contributed by atoms with van der Waals surface area (Å²) in [7, 11) is 0. The molecule has 128 valence electrons. The van der Waals surface area contributed by atoms with Crippen molar-refractivity contribution in [1.82, 2.24) is 15.6 Å². The monoisotopic (exact) mass is 329 g/mol. The highest BCUT2D eigenvalue weighted by Crippen LogP contribution is 2.17. The van der Waals surface area contributed by atoms with E-state index in [4.69, 9.17) is 0 Å². The number of pyridine rings is 1. The third-order valence-corrected chi connectivity index (χ3v) is 3.80. The zero-order valence-electron chi connectivity index (χ0n) is 14.3. The van der Waals surface area contributed by atoms with Gasteiger partial charge in [-0.3, -0.25) is 14.4 Å². The molecule has 0 spiro atoms. The van der Waals surface area contributed by atoms with E-state index in [2.05, 4.69) is 15.6 Å². The smallest absolute Gasteiger partial charge is 0.261 e. The summed E-state index contributed by atoms with van der Waals surface area (Å²) in [4.78, 5) is 37.9. The van der Waals surface area contributed by atoms with E-state index in [1.807, 2.05) is 26.0 Å². The number of hydrogen-bond donors (Lipinski definition) is 3. The molecule has 0 saturated carbocycles. The Morgan fingerprint density at radius 1 is 1.04 bits per heavy atom. The zero-order chi connectivity index (χ0) is 17.7. The molecule has 0 aliphatic heterocycles. The number of hydrogen-bond acceptors (Lipinski definition) is 3. The Kier molecular flexibility index (Phi) is 5.73. The van der Waals surface area contributed by atoms with E-state index in [-0.39, 0.29) is 22.9 Å². The van der Waals surface area contributed by atoms with E-state index in [0.29, 0.717) is 13.1 Å². The van der Waals surface area contributed by atoms with Crippen molar-refractivity contribution in [2.45, 2.75) is 33.6 Å². The first kappa shape index (κ1) is 17.7. The lowest BCUT2D eigenvalue weighted by atomic mass is 10.1. The normalized spacial score (nSPS) is 10.6. The fourth-order valence-corrected chi connectivity index (χ4v) is 2.67. The van der Waals surface area contributed by atoms with Gasteiger partial charge in [0, 0.05) is 20.0 Å². The van der Waals surface area contributed by atoms with Crippen molar-refractivity contribution < 1.29 is 9.59 Å². The number of carbonyl (C=O) groups is 2. The molecule has 1 heterocycles. The van der Waals surface area contributed by atoms with Crippen LogP contribution in [0.5, 0.6) is 0 Å². The van der Waals surface area contributed by atoms with Gasteiger partial charge in [0.05, 0.1) is 5.52 Å². The molecule has 0 aliphatic carbocycles. The van der Waals surface area contributed by atoms with Gasteiger partial charge < -0.3 is 15.6 Å². The van der Waals surface area contributed by atoms with E-state index in [1.165, 1.54) is 6.92 Å². The second-order valence-electron chi connectivity index (χ2n) is 6.00. The van der Waals surface area contributed by atoms with E-state index in [9.17, 15) is 14.4 Å². The fraction of sp³-hybridized carbons (Fsp3) is 0.389. The highest BCUT2D eigenvalue weighted by molar-refractivity contribution is 5.97. The summed E-state index contributed by atoms with van der Waals surface area (Å²) in [5.74, 6) is -0.441. The summed E-state index contributed by atoms with van der Waals surface area (Å²) in [6.07, 6.45) is 1.50. The summed E-state index contributed by atoms with van der Waals surface area (Å²) < 4.78 is 0. The number of aryl methyl sites for hydroxylation is 2. The summed E-state index contributed by atoms with van der Waals surface area (Å²) >= 11 is 0. The van der Waals surface area contributed by atoms with Crippen LogP contribution in [0.3, 0.4) is 0 Å². The SMILES string of the molecule is CC(=O)NCCCCNC(=O)c1cc2cc(C)cc(C)c2[nH]c1=O. The number of benzene rings is 1. The Bertz CT molecular complexity index is 824. The minimum absolute atomic E-state index is 0.0627. The molecule has 0 fully saturated rings. The molecule has 0 atom stereocenters. The van der Waals surface area contributed by atoms with Crippen LogP contribution in [0.1, 0.15) is 41.3 Å². The number of aromatic nitrogens is 1. The molecule has 0 bridgehead atoms. The van der Waals surface area contributed by atoms with Gasteiger partial charge in [-0.05, 0) is 49.8 Å². The number of aromatic amines is 1. The molecular formula is C18H23N3O3. The van der Waals surface area contributed by atoms with Crippen LogP contribution >= 0.6 is 0 Å². The quantitative estimate of drug-likeness (QED) is 0.706. The number of H-pyrrole nitrogens is 1.